The minimum Gasteiger partial charge on any atom is -0.497 e. The highest BCUT2D eigenvalue weighted by Gasteiger charge is 2.21. The summed E-state index contributed by atoms with van der Waals surface area (Å²) in [4.78, 5) is 2.52. The normalized spacial score (nSPS) is 14.6. The van der Waals surface area contributed by atoms with Crippen LogP contribution in [0.5, 0.6) is 11.5 Å². The molecule has 36 heavy (non-hydrogen) atoms. The molecule has 0 bridgehead atoms. The Labute approximate surface area is 213 Å². The molecule has 0 atom stereocenters. The van der Waals surface area contributed by atoms with Crippen LogP contribution in [0, 0.1) is 0 Å². The zero-order chi connectivity index (χ0) is 24.5. The maximum Gasteiger partial charge on any atom is 0.119 e. The first-order valence-electron chi connectivity index (χ1n) is 13.2. The first kappa shape index (κ1) is 22.9. The van der Waals surface area contributed by atoms with E-state index in [2.05, 4.69) is 76.9 Å². The zero-order valence-electron chi connectivity index (χ0n) is 21.3. The predicted molar refractivity (Wildman–Crippen MR) is 149 cm³/mol. The summed E-state index contributed by atoms with van der Waals surface area (Å²) in [5.74, 6) is 1.83. The van der Waals surface area contributed by atoms with E-state index in [-0.39, 0.29) is 0 Å². The van der Waals surface area contributed by atoms with Crippen LogP contribution in [-0.2, 0) is 6.42 Å². The second-order valence-corrected chi connectivity index (χ2v) is 9.79. The molecule has 4 nitrogen and oxygen atoms in total. The molecule has 3 aromatic heterocycles. The molecule has 0 unspecified atom stereocenters. The summed E-state index contributed by atoms with van der Waals surface area (Å²) in [5.41, 5.74) is 10.2. The van der Waals surface area contributed by atoms with Crippen molar-refractivity contribution >= 4 is 16.6 Å². The van der Waals surface area contributed by atoms with Gasteiger partial charge in [0.1, 0.15) is 18.1 Å². The molecule has 1 saturated heterocycles. The van der Waals surface area contributed by atoms with E-state index in [1.807, 2.05) is 12.1 Å². The summed E-state index contributed by atoms with van der Waals surface area (Å²) >= 11 is 0. The molecule has 0 saturated carbocycles. The lowest BCUT2D eigenvalue weighted by molar-refractivity contribution is 0.183. The Hall–Kier alpha value is -3.50. The van der Waals surface area contributed by atoms with Gasteiger partial charge in [-0.25, -0.2) is 0 Å². The minimum atomic E-state index is 0.748. The van der Waals surface area contributed by atoms with Crippen LogP contribution in [0.15, 0.2) is 72.8 Å². The fourth-order valence-electron chi connectivity index (χ4n) is 5.83. The Bertz CT molecular complexity index is 1440. The van der Waals surface area contributed by atoms with Crippen LogP contribution < -0.4 is 9.47 Å². The number of hydrogen-bond acceptors (Lipinski definition) is 3. The van der Waals surface area contributed by atoms with E-state index >= 15 is 0 Å². The fraction of sp³-hybridized carbons (Fsp3) is 0.312. The van der Waals surface area contributed by atoms with Crippen LogP contribution in [0.2, 0.25) is 0 Å². The molecule has 4 heterocycles. The Morgan fingerprint density at radius 2 is 1.44 bits per heavy atom. The first-order valence-corrected chi connectivity index (χ1v) is 13.2. The van der Waals surface area contributed by atoms with Gasteiger partial charge in [0, 0.05) is 17.7 Å². The number of ether oxygens (including phenoxy) is 2. The maximum absolute atomic E-state index is 6.08. The van der Waals surface area contributed by atoms with Gasteiger partial charge in [0.2, 0.25) is 0 Å². The summed E-state index contributed by atoms with van der Waals surface area (Å²) in [7, 11) is 1.71. The highest BCUT2D eigenvalue weighted by molar-refractivity contribution is 6.00. The highest BCUT2D eigenvalue weighted by atomic mass is 16.5. The van der Waals surface area contributed by atoms with Crippen molar-refractivity contribution in [3.8, 4) is 33.8 Å². The Morgan fingerprint density at radius 3 is 2.17 bits per heavy atom. The number of nitrogens with zero attached hydrogens (tertiary/aromatic N) is 2. The van der Waals surface area contributed by atoms with Gasteiger partial charge in [-0.1, -0.05) is 43.7 Å². The van der Waals surface area contributed by atoms with E-state index in [1.54, 1.807) is 7.11 Å². The van der Waals surface area contributed by atoms with Gasteiger partial charge in [0.25, 0.3) is 0 Å². The first-order chi connectivity index (χ1) is 17.8. The van der Waals surface area contributed by atoms with Gasteiger partial charge in [-0.3, -0.25) is 4.90 Å². The van der Waals surface area contributed by atoms with E-state index in [4.69, 9.17) is 9.47 Å². The third-order valence-corrected chi connectivity index (χ3v) is 7.68. The van der Waals surface area contributed by atoms with E-state index in [0.717, 1.165) is 31.1 Å². The molecular formula is C32H34N2O2. The Balaban J connectivity index is 1.32. The number of benzene rings is 2. The summed E-state index contributed by atoms with van der Waals surface area (Å²) in [6.45, 7) is 6.42. The molecule has 0 aliphatic carbocycles. The molecule has 0 spiro atoms. The number of aryl methyl sites for hydroxylation is 1. The lowest BCUT2D eigenvalue weighted by atomic mass is 9.98. The second kappa shape index (κ2) is 9.87. The Kier molecular flexibility index (Phi) is 6.28. The quantitative estimate of drug-likeness (QED) is 0.234. The number of rotatable bonds is 8. The molecule has 2 aromatic carbocycles. The molecule has 184 valence electrons. The number of methoxy groups -OCH3 is 1. The zero-order valence-corrected chi connectivity index (χ0v) is 21.3. The molecular weight excluding hydrogens is 444 g/mol. The fourth-order valence-corrected chi connectivity index (χ4v) is 5.83. The third-order valence-electron chi connectivity index (χ3n) is 7.68. The standard InChI is InChI=1S/C32H34N2O2/c1-3-27-29-8-7-9-30-28(22-31(34(29)30)32(27)24-12-14-25(35-2)15-13-24)23-10-16-26(17-11-23)36-21-20-33-18-5-4-6-19-33/h7-17,22H,3-6,18-21H2,1-2H3. The summed E-state index contributed by atoms with van der Waals surface area (Å²) in [5, 5.41) is 0. The smallest absolute Gasteiger partial charge is 0.119 e. The maximum atomic E-state index is 6.08. The van der Waals surface area contributed by atoms with E-state index < -0.39 is 0 Å². The lowest BCUT2D eigenvalue weighted by Gasteiger charge is -2.26. The van der Waals surface area contributed by atoms with Crippen molar-refractivity contribution in [1.29, 1.82) is 0 Å². The lowest BCUT2D eigenvalue weighted by Crippen LogP contribution is -2.33. The minimum absolute atomic E-state index is 0.748. The van der Waals surface area contributed by atoms with Gasteiger partial charge in [-0.2, -0.15) is 0 Å². The molecule has 1 fully saturated rings. The van der Waals surface area contributed by atoms with Gasteiger partial charge in [0.15, 0.2) is 0 Å². The molecule has 4 heteroatoms. The molecule has 0 radical (unpaired) electrons. The van der Waals surface area contributed by atoms with Crippen LogP contribution in [0.3, 0.4) is 0 Å². The number of likely N-dealkylation sites (tertiary alicyclic amines) is 1. The average Bonchev–Trinajstić information content (AvgIpc) is 3.48. The van der Waals surface area contributed by atoms with Crippen molar-refractivity contribution in [3.63, 3.8) is 0 Å². The molecule has 0 amide bonds. The Morgan fingerprint density at radius 1 is 0.750 bits per heavy atom. The van der Waals surface area contributed by atoms with Gasteiger partial charge in [-0.05, 0) is 91.5 Å². The van der Waals surface area contributed by atoms with Crippen LogP contribution in [0.1, 0.15) is 31.7 Å². The molecule has 5 aromatic rings. The molecule has 1 aliphatic heterocycles. The summed E-state index contributed by atoms with van der Waals surface area (Å²) < 4.78 is 13.9. The average molecular weight is 479 g/mol. The highest BCUT2D eigenvalue weighted by Crippen LogP contribution is 2.41. The second-order valence-electron chi connectivity index (χ2n) is 9.79. The number of hydrogen-bond donors (Lipinski definition) is 0. The van der Waals surface area contributed by atoms with Crippen molar-refractivity contribution in [3.05, 3.63) is 78.4 Å². The van der Waals surface area contributed by atoms with Crippen LogP contribution in [-0.4, -0.2) is 42.7 Å². The van der Waals surface area contributed by atoms with E-state index in [9.17, 15) is 0 Å². The molecule has 6 rings (SSSR count). The van der Waals surface area contributed by atoms with Gasteiger partial charge >= 0.3 is 0 Å². The molecule has 1 aliphatic rings. The predicted octanol–water partition coefficient (Wildman–Crippen LogP) is 7.30. The SMILES string of the molecule is CCc1c(-c2ccc(OC)cc2)c2cc(-c3ccc(OCCN4CCCCC4)cc3)c3cccc1n32. The van der Waals surface area contributed by atoms with Crippen molar-refractivity contribution < 1.29 is 9.47 Å². The van der Waals surface area contributed by atoms with E-state index in [1.165, 1.54) is 76.7 Å². The van der Waals surface area contributed by atoms with E-state index in [0.29, 0.717) is 0 Å². The number of pyridine rings is 1. The summed E-state index contributed by atoms with van der Waals surface area (Å²) in [6, 6.07) is 26.1. The monoisotopic (exact) mass is 478 g/mol. The van der Waals surface area contributed by atoms with Crippen LogP contribution in [0.4, 0.5) is 0 Å². The topological polar surface area (TPSA) is 26.1 Å². The summed E-state index contributed by atoms with van der Waals surface area (Å²) in [6.07, 6.45) is 4.99. The molecule has 0 N–H and O–H groups in total. The van der Waals surface area contributed by atoms with Gasteiger partial charge in [0.05, 0.1) is 23.7 Å². The van der Waals surface area contributed by atoms with Crippen molar-refractivity contribution in [1.82, 2.24) is 9.30 Å². The van der Waals surface area contributed by atoms with Crippen LogP contribution in [0.25, 0.3) is 38.8 Å². The number of aromatic nitrogens is 1. The van der Waals surface area contributed by atoms with Gasteiger partial charge < -0.3 is 13.9 Å². The van der Waals surface area contributed by atoms with Crippen LogP contribution >= 0.6 is 0 Å². The van der Waals surface area contributed by atoms with Crippen molar-refractivity contribution in [2.75, 3.05) is 33.4 Å². The van der Waals surface area contributed by atoms with Crippen molar-refractivity contribution in [2.45, 2.75) is 32.6 Å². The third kappa shape index (κ3) is 4.10. The number of piperidine rings is 1. The van der Waals surface area contributed by atoms with Gasteiger partial charge in [-0.15, -0.1) is 0 Å². The largest absolute Gasteiger partial charge is 0.497 e. The van der Waals surface area contributed by atoms with Crippen molar-refractivity contribution in [2.24, 2.45) is 0 Å².